The van der Waals surface area contributed by atoms with Crippen molar-refractivity contribution in [2.75, 3.05) is 13.7 Å². The van der Waals surface area contributed by atoms with Crippen LogP contribution >= 0.6 is 0 Å². The van der Waals surface area contributed by atoms with Crippen molar-refractivity contribution in [3.8, 4) is 0 Å². The Morgan fingerprint density at radius 3 is 2.48 bits per heavy atom. The van der Waals surface area contributed by atoms with Crippen LogP contribution in [0.5, 0.6) is 0 Å². The van der Waals surface area contributed by atoms with E-state index in [-0.39, 0.29) is 22.6 Å². The van der Waals surface area contributed by atoms with Crippen molar-refractivity contribution in [1.82, 2.24) is 5.32 Å². The van der Waals surface area contributed by atoms with E-state index in [2.05, 4.69) is 5.32 Å². The second-order valence-electron chi connectivity index (χ2n) is 5.41. The van der Waals surface area contributed by atoms with Crippen LogP contribution in [0.4, 0.5) is 4.39 Å². The number of benzene rings is 1. The average molecular weight is 318 g/mol. The van der Waals surface area contributed by atoms with Gasteiger partial charge in [0.05, 0.1) is 22.6 Å². The molecule has 3 N–H and O–H groups in total. The second kappa shape index (κ2) is 6.08. The number of methoxy groups -OCH3 is 1. The third kappa shape index (κ3) is 4.48. The molecule has 0 aromatic heterocycles. The van der Waals surface area contributed by atoms with Gasteiger partial charge in [-0.15, -0.1) is 0 Å². The van der Waals surface area contributed by atoms with Crippen molar-refractivity contribution < 1.29 is 22.3 Å². The molecule has 1 aromatic rings. The first-order valence-corrected chi connectivity index (χ1v) is 7.67. The van der Waals surface area contributed by atoms with Crippen LogP contribution < -0.4 is 10.5 Å². The first kappa shape index (κ1) is 17.5. The van der Waals surface area contributed by atoms with Crippen LogP contribution in [0.1, 0.15) is 29.8 Å². The smallest absolute Gasteiger partial charge is 0.254 e. The van der Waals surface area contributed by atoms with Crippen LogP contribution in [0.3, 0.4) is 0 Å². The summed E-state index contributed by atoms with van der Waals surface area (Å²) >= 11 is 0. The minimum Gasteiger partial charge on any atom is -0.382 e. The Bertz CT molecular complexity index is 656. The molecule has 0 bridgehead atoms. The van der Waals surface area contributed by atoms with Crippen LogP contribution in [-0.2, 0) is 14.8 Å². The second-order valence-corrected chi connectivity index (χ2v) is 6.94. The fourth-order valence-corrected chi connectivity index (χ4v) is 2.69. The summed E-state index contributed by atoms with van der Waals surface area (Å²) in [6.45, 7) is 5.01. The molecule has 0 aliphatic rings. The zero-order valence-electron chi connectivity index (χ0n) is 12.4. The van der Waals surface area contributed by atoms with Gasteiger partial charge in [-0.1, -0.05) is 0 Å². The van der Waals surface area contributed by atoms with E-state index in [9.17, 15) is 17.6 Å². The number of carbonyl (C=O) groups excluding carboxylic acids is 1. The van der Waals surface area contributed by atoms with E-state index in [1.54, 1.807) is 13.8 Å². The number of nitrogens with two attached hydrogens (primary N) is 1. The van der Waals surface area contributed by atoms with Gasteiger partial charge in [0, 0.05) is 7.11 Å². The van der Waals surface area contributed by atoms with Gasteiger partial charge in [0.25, 0.3) is 5.91 Å². The van der Waals surface area contributed by atoms with Gasteiger partial charge in [-0.3, -0.25) is 4.79 Å². The number of primary sulfonamides is 1. The van der Waals surface area contributed by atoms with Crippen molar-refractivity contribution in [2.45, 2.75) is 31.2 Å². The van der Waals surface area contributed by atoms with Crippen molar-refractivity contribution in [2.24, 2.45) is 5.14 Å². The van der Waals surface area contributed by atoms with E-state index in [4.69, 9.17) is 9.88 Å². The molecule has 8 heteroatoms. The largest absolute Gasteiger partial charge is 0.382 e. The summed E-state index contributed by atoms with van der Waals surface area (Å²) in [6.07, 6.45) is 0. The molecule has 0 unspecified atom stereocenters. The number of sulfonamides is 1. The van der Waals surface area contributed by atoms with Crippen LogP contribution in [0.15, 0.2) is 17.0 Å². The van der Waals surface area contributed by atoms with Crippen LogP contribution in [0.25, 0.3) is 0 Å². The summed E-state index contributed by atoms with van der Waals surface area (Å²) < 4.78 is 41.7. The van der Waals surface area contributed by atoms with Crippen molar-refractivity contribution in [1.29, 1.82) is 0 Å². The molecule has 0 saturated carbocycles. The highest BCUT2D eigenvalue weighted by Crippen LogP contribution is 2.19. The highest BCUT2D eigenvalue weighted by molar-refractivity contribution is 7.89. The first-order valence-electron chi connectivity index (χ1n) is 6.12. The summed E-state index contributed by atoms with van der Waals surface area (Å²) in [5.41, 5.74) is -0.971. The minimum atomic E-state index is -4.03. The number of ether oxygens (including phenoxy) is 1. The van der Waals surface area contributed by atoms with E-state index in [0.717, 1.165) is 12.1 Å². The molecule has 0 aliphatic carbocycles. The average Bonchev–Trinajstić information content (AvgIpc) is 2.25. The van der Waals surface area contributed by atoms with Gasteiger partial charge < -0.3 is 10.1 Å². The molecule has 1 rings (SSSR count). The molecule has 0 fully saturated rings. The number of aryl methyl sites for hydroxylation is 1. The maximum Gasteiger partial charge on any atom is 0.254 e. The fraction of sp³-hybridized carbons (Fsp3) is 0.462. The Balaban J connectivity index is 3.22. The quantitative estimate of drug-likeness (QED) is 0.844. The van der Waals surface area contributed by atoms with E-state index < -0.39 is 27.3 Å². The number of carbonyl (C=O) groups is 1. The summed E-state index contributed by atoms with van der Waals surface area (Å²) in [5, 5.41) is 7.62. The Hall–Kier alpha value is -1.51. The standard InChI is InChI=1S/C13H19FN2O4S/c1-8-5-10(14)9(6-11(8)21(15,18)19)12(17)16-13(2,3)7-20-4/h5-6H,7H2,1-4H3,(H,16,17)(H2,15,18,19). The molecular formula is C13H19FN2O4S. The third-order valence-electron chi connectivity index (χ3n) is 2.77. The number of rotatable bonds is 5. The molecule has 118 valence electrons. The fourth-order valence-electron chi connectivity index (χ4n) is 1.90. The van der Waals surface area contributed by atoms with Crippen LogP contribution in [0, 0.1) is 12.7 Å². The van der Waals surface area contributed by atoms with Gasteiger partial charge in [-0.05, 0) is 38.5 Å². The highest BCUT2D eigenvalue weighted by atomic mass is 32.2. The molecule has 1 aromatic carbocycles. The Morgan fingerprint density at radius 2 is 2.00 bits per heavy atom. The lowest BCUT2D eigenvalue weighted by molar-refractivity contribution is 0.0816. The number of hydrogen-bond acceptors (Lipinski definition) is 4. The number of hydrogen-bond donors (Lipinski definition) is 2. The first-order chi connectivity index (χ1) is 9.48. The predicted molar refractivity (Wildman–Crippen MR) is 75.9 cm³/mol. The van der Waals surface area contributed by atoms with Crippen LogP contribution in [-0.4, -0.2) is 33.6 Å². The molecular weight excluding hydrogens is 299 g/mol. The van der Waals surface area contributed by atoms with Gasteiger partial charge in [0.2, 0.25) is 10.0 Å². The molecule has 6 nitrogen and oxygen atoms in total. The van der Waals surface area contributed by atoms with E-state index in [0.29, 0.717) is 0 Å². The maximum absolute atomic E-state index is 13.9. The van der Waals surface area contributed by atoms with E-state index in [1.807, 2.05) is 0 Å². The van der Waals surface area contributed by atoms with Gasteiger partial charge in [-0.2, -0.15) is 0 Å². The lowest BCUT2D eigenvalue weighted by Crippen LogP contribution is -2.47. The minimum absolute atomic E-state index is 0.141. The van der Waals surface area contributed by atoms with E-state index in [1.165, 1.54) is 14.0 Å². The van der Waals surface area contributed by atoms with Crippen molar-refractivity contribution >= 4 is 15.9 Å². The molecule has 0 saturated heterocycles. The summed E-state index contributed by atoms with van der Waals surface area (Å²) in [4.78, 5) is 11.8. The molecule has 0 spiro atoms. The Labute approximate surface area is 123 Å². The van der Waals surface area contributed by atoms with E-state index >= 15 is 0 Å². The lowest BCUT2D eigenvalue weighted by atomic mass is 10.1. The molecule has 0 radical (unpaired) electrons. The molecule has 0 atom stereocenters. The summed E-state index contributed by atoms with van der Waals surface area (Å²) in [5.74, 6) is -1.55. The number of nitrogens with one attached hydrogen (secondary N) is 1. The molecule has 0 aliphatic heterocycles. The number of halogens is 1. The normalized spacial score (nSPS) is 12.3. The van der Waals surface area contributed by atoms with Gasteiger partial charge in [0.1, 0.15) is 5.82 Å². The van der Waals surface area contributed by atoms with Crippen molar-refractivity contribution in [3.05, 3.63) is 29.1 Å². The third-order valence-corrected chi connectivity index (χ3v) is 3.83. The SMILES string of the molecule is COCC(C)(C)NC(=O)c1cc(S(N)(=O)=O)c(C)cc1F. The zero-order chi connectivity index (χ0) is 16.4. The number of amides is 1. The lowest BCUT2D eigenvalue weighted by Gasteiger charge is -2.25. The van der Waals surface area contributed by atoms with Crippen molar-refractivity contribution in [3.63, 3.8) is 0 Å². The Kier molecular flexibility index (Phi) is 5.08. The molecule has 1 amide bonds. The van der Waals surface area contributed by atoms with Gasteiger partial charge >= 0.3 is 0 Å². The van der Waals surface area contributed by atoms with Crippen LogP contribution in [0.2, 0.25) is 0 Å². The molecule has 0 heterocycles. The predicted octanol–water partition coefficient (Wildman–Crippen LogP) is 0.936. The zero-order valence-corrected chi connectivity index (χ0v) is 13.2. The highest BCUT2D eigenvalue weighted by Gasteiger charge is 2.25. The Morgan fingerprint density at radius 1 is 1.43 bits per heavy atom. The summed E-state index contributed by atoms with van der Waals surface area (Å²) in [7, 11) is -2.56. The monoisotopic (exact) mass is 318 g/mol. The maximum atomic E-state index is 13.9. The summed E-state index contributed by atoms with van der Waals surface area (Å²) in [6, 6.07) is 1.91. The topological polar surface area (TPSA) is 98.5 Å². The molecule has 21 heavy (non-hydrogen) atoms. The van der Waals surface area contributed by atoms with Gasteiger partial charge in [-0.25, -0.2) is 17.9 Å². The van der Waals surface area contributed by atoms with Gasteiger partial charge in [0.15, 0.2) is 0 Å².